The Morgan fingerprint density at radius 3 is 1.85 bits per heavy atom. The second-order valence-electron chi connectivity index (χ2n) is 4.80. The van der Waals surface area contributed by atoms with Gasteiger partial charge in [0.2, 0.25) is 0 Å². The fourth-order valence-corrected chi connectivity index (χ4v) is 8.06. The van der Waals surface area contributed by atoms with Crippen molar-refractivity contribution in [2.45, 2.75) is 69.5 Å². The molecule has 1 aliphatic heterocycles. The Bertz CT molecular complexity index is 170. The van der Waals surface area contributed by atoms with E-state index in [0.29, 0.717) is 12.2 Å². The molecule has 1 aliphatic carbocycles. The highest BCUT2D eigenvalue weighted by molar-refractivity contribution is 6.81. The van der Waals surface area contributed by atoms with Crippen LogP contribution in [0.25, 0.3) is 0 Å². The van der Waals surface area contributed by atoms with Gasteiger partial charge in [0.15, 0.2) is 0 Å². The molecule has 0 spiro atoms. The maximum absolute atomic E-state index is 5.53. The van der Waals surface area contributed by atoms with E-state index in [2.05, 4.69) is 20.8 Å². The predicted molar refractivity (Wildman–Crippen MR) is 58.8 cm³/mol. The second-order valence-corrected chi connectivity index (χ2v) is 10.5. The van der Waals surface area contributed by atoms with Crippen LogP contribution in [0.5, 0.6) is 0 Å². The van der Waals surface area contributed by atoms with Gasteiger partial charge in [0.05, 0.1) is 20.3 Å². The van der Waals surface area contributed by atoms with Crippen LogP contribution in [0.3, 0.4) is 0 Å². The van der Waals surface area contributed by atoms with Gasteiger partial charge in [-0.2, -0.15) is 0 Å². The lowest BCUT2D eigenvalue weighted by Gasteiger charge is -2.35. The molecule has 13 heavy (non-hydrogen) atoms. The summed E-state index contributed by atoms with van der Waals surface area (Å²) in [5.41, 5.74) is 1.09. The van der Waals surface area contributed by atoms with Crippen LogP contribution in [0.1, 0.15) is 33.6 Å². The second kappa shape index (κ2) is 3.39. The first kappa shape index (κ1) is 9.72. The zero-order chi connectivity index (χ0) is 9.47. The molecule has 76 valence electrons. The molecule has 0 radical (unpaired) electrons. The van der Waals surface area contributed by atoms with E-state index < -0.39 is 8.07 Å². The van der Waals surface area contributed by atoms with Gasteiger partial charge in [-0.1, -0.05) is 38.9 Å². The maximum Gasteiger partial charge on any atom is 0.0841 e. The molecule has 0 aromatic heterocycles. The van der Waals surface area contributed by atoms with E-state index in [4.69, 9.17) is 4.74 Å². The average Bonchev–Trinajstić information content (AvgIpc) is 2.78. The Balaban J connectivity index is 2.02. The van der Waals surface area contributed by atoms with Gasteiger partial charge < -0.3 is 4.74 Å². The number of epoxide rings is 1. The molecule has 2 heteroatoms. The first-order valence-electron chi connectivity index (χ1n) is 5.91. The van der Waals surface area contributed by atoms with Crippen LogP contribution in [-0.4, -0.2) is 20.3 Å². The minimum atomic E-state index is -0.876. The predicted octanol–water partition coefficient (Wildman–Crippen LogP) is 3.43. The zero-order valence-corrected chi connectivity index (χ0v) is 10.2. The monoisotopic (exact) mass is 198 g/mol. The van der Waals surface area contributed by atoms with E-state index in [9.17, 15) is 0 Å². The summed E-state index contributed by atoms with van der Waals surface area (Å²) < 4.78 is 5.53. The van der Waals surface area contributed by atoms with Crippen LogP contribution in [0.15, 0.2) is 0 Å². The van der Waals surface area contributed by atoms with Crippen LogP contribution < -0.4 is 0 Å². The number of rotatable bonds is 4. The van der Waals surface area contributed by atoms with Crippen molar-refractivity contribution in [3.05, 3.63) is 0 Å². The highest BCUT2D eigenvalue weighted by Gasteiger charge is 2.53. The Morgan fingerprint density at radius 2 is 1.46 bits per heavy atom. The molecular weight excluding hydrogens is 176 g/mol. The van der Waals surface area contributed by atoms with Crippen LogP contribution >= 0.6 is 0 Å². The van der Waals surface area contributed by atoms with Crippen molar-refractivity contribution >= 4 is 8.07 Å². The third-order valence-corrected chi connectivity index (χ3v) is 11.1. The van der Waals surface area contributed by atoms with Crippen molar-refractivity contribution in [3.63, 3.8) is 0 Å². The number of ether oxygens (including phenoxy) is 1. The molecule has 1 nitrogen and oxygen atoms in total. The Kier molecular flexibility index (Phi) is 2.54. The largest absolute Gasteiger partial charge is 0.370 e. The highest BCUT2D eigenvalue weighted by atomic mass is 28.3. The van der Waals surface area contributed by atoms with Crippen LogP contribution in [0, 0.1) is 0 Å². The molecule has 1 saturated carbocycles. The van der Waals surface area contributed by atoms with Gasteiger partial charge in [0.25, 0.3) is 0 Å². The summed E-state index contributed by atoms with van der Waals surface area (Å²) in [5, 5.41) is 0. The summed E-state index contributed by atoms with van der Waals surface area (Å²) in [6.45, 7) is 7.26. The van der Waals surface area contributed by atoms with E-state index in [-0.39, 0.29) is 0 Å². The lowest BCUT2D eigenvalue weighted by Crippen LogP contribution is -2.37. The summed E-state index contributed by atoms with van der Waals surface area (Å²) in [6, 6.07) is 4.47. The van der Waals surface area contributed by atoms with Gasteiger partial charge in [-0.25, -0.2) is 0 Å². The normalized spacial score (nSPS) is 37.6. The number of hydrogen-bond donors (Lipinski definition) is 0. The van der Waals surface area contributed by atoms with Gasteiger partial charge in [-0.05, 0) is 18.4 Å². The van der Waals surface area contributed by atoms with E-state index in [0.717, 1.165) is 5.54 Å². The molecular formula is C11H22OSi. The molecule has 1 unspecified atom stereocenters. The Hall–Kier alpha value is 0.177. The van der Waals surface area contributed by atoms with Gasteiger partial charge in [0.1, 0.15) is 0 Å². The Labute approximate surface area is 82.9 Å². The van der Waals surface area contributed by atoms with Crippen molar-refractivity contribution in [3.8, 4) is 0 Å². The quantitative estimate of drug-likeness (QED) is 0.498. The fourth-order valence-electron chi connectivity index (χ4n) is 3.37. The molecule has 0 bridgehead atoms. The zero-order valence-electron chi connectivity index (χ0n) is 9.18. The van der Waals surface area contributed by atoms with Crippen LogP contribution in [0.2, 0.25) is 23.7 Å². The summed E-state index contributed by atoms with van der Waals surface area (Å²) in [4.78, 5) is 0. The van der Waals surface area contributed by atoms with Crippen molar-refractivity contribution < 1.29 is 4.74 Å². The lowest BCUT2D eigenvalue weighted by molar-refractivity contribution is 0.318. The molecule has 0 N–H and O–H groups in total. The van der Waals surface area contributed by atoms with E-state index in [1.54, 1.807) is 0 Å². The smallest absolute Gasteiger partial charge is 0.0841 e. The topological polar surface area (TPSA) is 12.5 Å². The first-order valence-corrected chi connectivity index (χ1v) is 8.61. The molecule has 1 saturated heterocycles. The molecule has 2 rings (SSSR count). The fraction of sp³-hybridized carbons (Fsp3) is 1.00. The molecule has 3 atom stereocenters. The van der Waals surface area contributed by atoms with Crippen LogP contribution in [-0.2, 0) is 4.74 Å². The standard InChI is InChI=1S/C11H22OSi/c1-4-13(5-2,6-3)9-7-10-11(8-9)12-10/h9-11H,4-8H2,1-3H3/t9?,10-,11+. The first-order chi connectivity index (χ1) is 6.25. The molecule has 1 heterocycles. The van der Waals surface area contributed by atoms with Crippen molar-refractivity contribution in [2.24, 2.45) is 0 Å². The van der Waals surface area contributed by atoms with Gasteiger partial charge in [0, 0.05) is 0 Å². The van der Waals surface area contributed by atoms with Gasteiger partial charge in [-0.3, -0.25) is 0 Å². The third-order valence-electron chi connectivity index (χ3n) is 4.70. The maximum atomic E-state index is 5.53. The summed E-state index contributed by atoms with van der Waals surface area (Å²) in [7, 11) is -0.876. The van der Waals surface area contributed by atoms with Crippen LogP contribution in [0.4, 0.5) is 0 Å². The number of fused-ring (bicyclic) bond motifs is 1. The molecule has 0 aromatic rings. The molecule has 0 amide bonds. The van der Waals surface area contributed by atoms with E-state index in [1.165, 1.54) is 31.0 Å². The summed E-state index contributed by atoms with van der Waals surface area (Å²) in [5.74, 6) is 0. The van der Waals surface area contributed by atoms with Crippen molar-refractivity contribution in [1.82, 2.24) is 0 Å². The third kappa shape index (κ3) is 1.48. The van der Waals surface area contributed by atoms with E-state index >= 15 is 0 Å². The van der Waals surface area contributed by atoms with Gasteiger partial charge in [-0.15, -0.1) is 0 Å². The molecule has 2 fully saturated rings. The minimum absolute atomic E-state index is 0.696. The Morgan fingerprint density at radius 1 is 1.00 bits per heavy atom. The average molecular weight is 198 g/mol. The summed E-state index contributed by atoms with van der Waals surface area (Å²) >= 11 is 0. The van der Waals surface area contributed by atoms with Crippen molar-refractivity contribution in [1.29, 1.82) is 0 Å². The van der Waals surface area contributed by atoms with E-state index in [1.807, 2.05) is 0 Å². The highest BCUT2D eigenvalue weighted by Crippen LogP contribution is 2.52. The molecule has 2 aliphatic rings. The summed E-state index contributed by atoms with van der Waals surface area (Å²) in [6.07, 6.45) is 4.21. The molecule has 0 aromatic carbocycles. The van der Waals surface area contributed by atoms with Crippen molar-refractivity contribution in [2.75, 3.05) is 0 Å². The minimum Gasteiger partial charge on any atom is -0.370 e. The lowest BCUT2D eigenvalue weighted by atomic mass is 10.3. The number of hydrogen-bond acceptors (Lipinski definition) is 1. The van der Waals surface area contributed by atoms with Gasteiger partial charge >= 0.3 is 0 Å². The SMILES string of the molecule is CC[Si](CC)(CC)C1C[C@@H]2O[C@@H]2C1.